The van der Waals surface area contributed by atoms with Gasteiger partial charge < -0.3 is 19.1 Å². The molecule has 0 N–H and O–H groups in total. The number of rotatable bonds is 3. The summed E-state index contributed by atoms with van der Waals surface area (Å²) in [7, 11) is 2.43. The average molecular weight is 257 g/mol. The van der Waals surface area contributed by atoms with Gasteiger partial charge in [0.05, 0.1) is 26.8 Å². The van der Waals surface area contributed by atoms with Gasteiger partial charge in [0.2, 0.25) is 0 Å². The monoisotopic (exact) mass is 257 g/mol. The largest absolute Gasteiger partial charge is 0.468 e. The maximum Gasteiger partial charge on any atom is 0.410 e. The molecule has 18 heavy (non-hydrogen) atoms. The summed E-state index contributed by atoms with van der Waals surface area (Å²) in [5.74, 6) is -1.32. The Morgan fingerprint density at radius 3 is 2.28 bits per heavy atom. The summed E-state index contributed by atoms with van der Waals surface area (Å²) in [4.78, 5) is 36.7. The van der Waals surface area contributed by atoms with E-state index in [1.54, 1.807) is 0 Å². The van der Waals surface area contributed by atoms with Crippen molar-refractivity contribution in [3.8, 4) is 0 Å². The third kappa shape index (κ3) is 1.53. The maximum absolute atomic E-state index is 11.9. The Morgan fingerprint density at radius 1 is 1.33 bits per heavy atom. The molecule has 1 saturated heterocycles. The van der Waals surface area contributed by atoms with Crippen LogP contribution in [0.3, 0.4) is 0 Å². The van der Waals surface area contributed by atoms with E-state index >= 15 is 0 Å². The number of ether oxygens (including phenoxy) is 3. The van der Waals surface area contributed by atoms with Crippen molar-refractivity contribution in [1.29, 1.82) is 0 Å². The van der Waals surface area contributed by atoms with Crippen molar-refractivity contribution in [2.45, 2.75) is 18.9 Å². The highest BCUT2D eigenvalue weighted by Gasteiger charge is 2.64. The highest BCUT2D eigenvalue weighted by molar-refractivity contribution is 6.02. The Morgan fingerprint density at radius 2 is 1.94 bits per heavy atom. The third-order valence-corrected chi connectivity index (χ3v) is 3.65. The summed E-state index contributed by atoms with van der Waals surface area (Å²) in [6.07, 6.45) is 0.372. The van der Waals surface area contributed by atoms with Gasteiger partial charge in [-0.1, -0.05) is 0 Å². The second-order valence-corrected chi connectivity index (χ2v) is 4.32. The van der Waals surface area contributed by atoms with Gasteiger partial charge >= 0.3 is 18.0 Å². The third-order valence-electron chi connectivity index (χ3n) is 3.65. The standard InChI is InChI=1S/C11H15NO6/c1-16-8(13)11(9(14)17-2)4-3-7(11)12-5-6-18-10(12)15/h7H,3-6H2,1-2H3. The van der Waals surface area contributed by atoms with Crippen LogP contribution in [0, 0.1) is 5.41 Å². The number of carbonyl (C=O) groups excluding carboxylic acids is 3. The fourth-order valence-electron chi connectivity index (χ4n) is 2.60. The lowest BCUT2D eigenvalue weighted by atomic mass is 9.63. The van der Waals surface area contributed by atoms with Crippen molar-refractivity contribution >= 4 is 18.0 Å². The molecule has 0 spiro atoms. The van der Waals surface area contributed by atoms with Crippen LogP contribution in [0.25, 0.3) is 0 Å². The van der Waals surface area contributed by atoms with E-state index in [1.165, 1.54) is 19.1 Å². The molecule has 2 rings (SSSR count). The Kier molecular flexibility index (Phi) is 3.14. The summed E-state index contributed by atoms with van der Waals surface area (Å²) in [5, 5.41) is 0. The van der Waals surface area contributed by atoms with Crippen LogP contribution in [0.4, 0.5) is 4.79 Å². The van der Waals surface area contributed by atoms with Gasteiger partial charge in [0.25, 0.3) is 0 Å². The summed E-state index contributed by atoms with van der Waals surface area (Å²) in [5.41, 5.74) is -1.40. The van der Waals surface area contributed by atoms with Crippen LogP contribution in [0.5, 0.6) is 0 Å². The number of amides is 1. The molecule has 0 bridgehead atoms. The van der Waals surface area contributed by atoms with Crippen LogP contribution in [0.2, 0.25) is 0 Å². The molecule has 1 saturated carbocycles. The van der Waals surface area contributed by atoms with Gasteiger partial charge in [0.1, 0.15) is 6.61 Å². The Hall–Kier alpha value is -1.79. The first kappa shape index (κ1) is 12.7. The first-order valence-corrected chi connectivity index (χ1v) is 5.68. The van der Waals surface area contributed by atoms with E-state index < -0.39 is 29.5 Å². The van der Waals surface area contributed by atoms with Crippen molar-refractivity contribution in [2.75, 3.05) is 27.4 Å². The summed E-state index contributed by atoms with van der Waals surface area (Å²) in [6.45, 7) is 0.646. The summed E-state index contributed by atoms with van der Waals surface area (Å²) >= 11 is 0. The number of nitrogens with zero attached hydrogens (tertiary/aromatic N) is 1. The highest BCUT2D eigenvalue weighted by Crippen LogP contribution is 2.47. The maximum atomic E-state index is 11.9. The predicted molar refractivity (Wildman–Crippen MR) is 57.5 cm³/mol. The fraction of sp³-hybridized carbons (Fsp3) is 0.727. The Bertz CT molecular complexity index is 377. The van der Waals surface area contributed by atoms with E-state index in [4.69, 9.17) is 4.74 Å². The minimum absolute atomic E-state index is 0.272. The molecule has 1 atom stereocenters. The minimum atomic E-state index is -1.40. The van der Waals surface area contributed by atoms with E-state index in [0.717, 1.165) is 0 Å². The molecule has 0 aromatic carbocycles. The molecular formula is C11H15NO6. The van der Waals surface area contributed by atoms with Gasteiger partial charge in [-0.2, -0.15) is 0 Å². The molecule has 1 aliphatic heterocycles. The molecule has 0 aromatic rings. The van der Waals surface area contributed by atoms with Gasteiger partial charge in [-0.25, -0.2) is 4.79 Å². The molecule has 2 aliphatic rings. The zero-order chi connectivity index (χ0) is 13.3. The topological polar surface area (TPSA) is 82.1 Å². The highest BCUT2D eigenvalue weighted by atomic mass is 16.6. The van der Waals surface area contributed by atoms with E-state index in [1.807, 2.05) is 0 Å². The number of hydrogen-bond acceptors (Lipinski definition) is 6. The van der Waals surface area contributed by atoms with E-state index in [0.29, 0.717) is 19.4 Å². The van der Waals surface area contributed by atoms with Gasteiger partial charge in [-0.3, -0.25) is 9.59 Å². The van der Waals surface area contributed by atoms with Crippen molar-refractivity contribution in [1.82, 2.24) is 4.90 Å². The molecule has 0 radical (unpaired) electrons. The number of hydrogen-bond donors (Lipinski definition) is 0. The van der Waals surface area contributed by atoms with Gasteiger partial charge in [0, 0.05) is 0 Å². The summed E-state index contributed by atoms with van der Waals surface area (Å²) in [6, 6.07) is -0.535. The second kappa shape index (κ2) is 4.47. The van der Waals surface area contributed by atoms with E-state index in [9.17, 15) is 14.4 Å². The van der Waals surface area contributed by atoms with Crippen molar-refractivity contribution < 1.29 is 28.6 Å². The number of esters is 2. The van der Waals surface area contributed by atoms with Crippen molar-refractivity contribution in [2.24, 2.45) is 5.41 Å². The van der Waals surface area contributed by atoms with E-state index in [-0.39, 0.29) is 6.61 Å². The predicted octanol–water partition coefficient (Wildman–Crippen LogP) is -0.0666. The van der Waals surface area contributed by atoms with Crippen LogP contribution in [-0.4, -0.2) is 56.3 Å². The molecule has 1 unspecified atom stereocenters. The van der Waals surface area contributed by atoms with Crippen LogP contribution >= 0.6 is 0 Å². The first-order valence-electron chi connectivity index (χ1n) is 5.68. The normalized spacial score (nSPS) is 25.1. The number of cyclic esters (lactones) is 1. The molecule has 7 nitrogen and oxygen atoms in total. The second-order valence-electron chi connectivity index (χ2n) is 4.32. The number of carbonyl (C=O) groups is 3. The molecule has 1 aliphatic carbocycles. The lowest BCUT2D eigenvalue weighted by Gasteiger charge is -2.47. The van der Waals surface area contributed by atoms with Gasteiger partial charge in [-0.15, -0.1) is 0 Å². The first-order chi connectivity index (χ1) is 8.57. The molecule has 1 amide bonds. The zero-order valence-corrected chi connectivity index (χ0v) is 10.3. The smallest absolute Gasteiger partial charge is 0.410 e. The Balaban J connectivity index is 2.28. The molecule has 0 aromatic heterocycles. The van der Waals surface area contributed by atoms with E-state index in [2.05, 4.69) is 9.47 Å². The van der Waals surface area contributed by atoms with Crippen LogP contribution in [0.1, 0.15) is 12.8 Å². The minimum Gasteiger partial charge on any atom is -0.468 e. The van der Waals surface area contributed by atoms with Crippen LogP contribution < -0.4 is 0 Å². The molecule has 2 fully saturated rings. The average Bonchev–Trinajstić information content (AvgIpc) is 2.74. The van der Waals surface area contributed by atoms with Gasteiger partial charge in [-0.05, 0) is 12.8 Å². The van der Waals surface area contributed by atoms with Gasteiger partial charge in [0.15, 0.2) is 5.41 Å². The lowest BCUT2D eigenvalue weighted by molar-refractivity contribution is -0.183. The summed E-state index contributed by atoms with van der Waals surface area (Å²) < 4.78 is 14.2. The molecule has 100 valence electrons. The molecular weight excluding hydrogens is 242 g/mol. The zero-order valence-electron chi connectivity index (χ0n) is 10.3. The Labute approximate surface area is 104 Å². The quantitative estimate of drug-likeness (QED) is 0.400. The SMILES string of the molecule is COC(=O)C1(C(=O)OC)CCC1N1CCOC1=O. The van der Waals surface area contributed by atoms with Crippen LogP contribution in [0.15, 0.2) is 0 Å². The molecule has 7 heteroatoms. The van der Waals surface area contributed by atoms with Crippen LogP contribution in [-0.2, 0) is 23.8 Å². The number of methoxy groups -OCH3 is 2. The van der Waals surface area contributed by atoms with Crippen molar-refractivity contribution in [3.05, 3.63) is 0 Å². The fourth-order valence-corrected chi connectivity index (χ4v) is 2.60. The molecule has 1 heterocycles. The van der Waals surface area contributed by atoms with Crippen molar-refractivity contribution in [3.63, 3.8) is 0 Å². The lowest BCUT2D eigenvalue weighted by Crippen LogP contribution is -2.63.